The van der Waals surface area contributed by atoms with Crippen LogP contribution in [-0.4, -0.2) is 43.3 Å². The topological polar surface area (TPSA) is 180 Å². The van der Waals surface area contributed by atoms with E-state index in [-0.39, 0.29) is 7.43 Å². The minimum absolute atomic E-state index is 0. The van der Waals surface area contributed by atoms with Crippen molar-refractivity contribution >= 4 is 90.1 Å². The molecule has 0 spiro atoms. The molecule has 0 saturated heterocycles. The Bertz CT molecular complexity index is 3070. The summed E-state index contributed by atoms with van der Waals surface area (Å²) in [6, 6.07) is 33.0. The third-order valence-electron chi connectivity index (χ3n) is 8.66. The van der Waals surface area contributed by atoms with Crippen molar-refractivity contribution in [2.45, 2.75) is 60.2 Å². The molecule has 8 rings (SSSR count). The summed E-state index contributed by atoms with van der Waals surface area (Å²) in [6.45, 7) is 10.9. The van der Waals surface area contributed by atoms with Crippen molar-refractivity contribution in [1.29, 1.82) is 0 Å². The number of terminal acetylenes is 1. The average Bonchev–Trinajstić information content (AvgIpc) is 3.23. The van der Waals surface area contributed by atoms with Crippen LogP contribution in [0.2, 0.25) is 5.15 Å². The van der Waals surface area contributed by atoms with Gasteiger partial charge in [0.15, 0.2) is 0 Å². The Morgan fingerprint density at radius 2 is 1.06 bits per heavy atom. The quantitative estimate of drug-likeness (QED) is 0.0565. The van der Waals surface area contributed by atoms with Gasteiger partial charge in [-0.15, -0.1) is 6.42 Å². The van der Waals surface area contributed by atoms with Gasteiger partial charge in [0.2, 0.25) is 0 Å². The third-order valence-corrected chi connectivity index (χ3v) is 8.87. The molecule has 6 N–H and O–H groups in total. The molecular weight excluding hydrogens is 824 g/mol. The molecule has 0 aliphatic carbocycles. The minimum Gasteiger partial charge on any atom is -0.444 e. The van der Waals surface area contributed by atoms with Gasteiger partial charge in [0.1, 0.15) is 33.1 Å². The van der Waals surface area contributed by atoms with Crippen LogP contribution in [0, 0.1) is 24.2 Å². The number of nitrogens with zero attached hydrogens (tertiary/aromatic N) is 4. The number of halogens is 1. The van der Waals surface area contributed by atoms with Gasteiger partial charge in [0, 0.05) is 56.4 Å². The second kappa shape index (κ2) is 20.3. The zero-order chi connectivity index (χ0) is 45.3. The number of amides is 2. The monoisotopic (exact) mass is 872 g/mol. The molecule has 0 aliphatic heterocycles. The summed E-state index contributed by atoms with van der Waals surface area (Å²) >= 11 is 6.01. The van der Waals surface area contributed by atoms with Crippen LogP contribution in [0.5, 0.6) is 0 Å². The van der Waals surface area contributed by atoms with Crippen molar-refractivity contribution in [3.05, 3.63) is 144 Å². The number of nitrogens with two attached hydrogens (primary N) is 2. The maximum absolute atomic E-state index is 12.4. The number of fused-ring (bicyclic) bond motifs is 6. The minimum atomic E-state index is -0.596. The molecule has 13 heteroatoms. The molecule has 0 atom stereocenters. The second-order valence-electron chi connectivity index (χ2n) is 16.0. The number of aromatic nitrogens is 4. The van der Waals surface area contributed by atoms with Crippen LogP contribution in [0.1, 0.15) is 65.8 Å². The van der Waals surface area contributed by atoms with Gasteiger partial charge in [0.05, 0.1) is 22.4 Å². The molecule has 0 aliphatic rings. The number of hydrogen-bond donors (Lipinski definition) is 4. The number of pyridine rings is 4. The molecule has 324 valence electrons. The van der Waals surface area contributed by atoms with Crippen LogP contribution in [0.25, 0.3) is 43.6 Å². The Labute approximate surface area is 377 Å². The number of nitrogens with one attached hydrogen (secondary N) is 2. The maximum atomic E-state index is 12.4. The first-order chi connectivity index (χ1) is 29.9. The highest BCUT2D eigenvalue weighted by Crippen LogP contribution is 2.32. The van der Waals surface area contributed by atoms with Crippen LogP contribution in [0.3, 0.4) is 0 Å². The predicted octanol–water partition coefficient (Wildman–Crippen LogP) is 11.8. The number of carbonyl (C=O) groups is 2. The molecule has 0 radical (unpaired) electrons. The Hall–Kier alpha value is -7.93. The van der Waals surface area contributed by atoms with Crippen molar-refractivity contribution in [2.75, 3.05) is 22.1 Å². The number of anilines is 4. The fourth-order valence-corrected chi connectivity index (χ4v) is 6.15. The van der Waals surface area contributed by atoms with E-state index in [2.05, 4.69) is 43.3 Å². The standard InChI is InChI=1S/C25H22N4O2.C17H16ClN3O2.C8H7N.CH4/c1-25(2,3)31-24(30)29-21-15-17-5-4-14-27-22(17)23-20(21)13-12-19(28-23)11-8-16-6-9-18(26)10-7-16;1-17(2,3)23-16(22)20-12-9-10-5-4-8-19-14(10)15-11(12)6-7-13(18)21-15;1-2-7-3-5-8(9)6-4-7;/h4-7,9-10,12-15H,26H2,1-3H3,(H,29,30);4-9H,1-3H3,(H,20,22);1,3-6H,9H2;1H4. The van der Waals surface area contributed by atoms with E-state index in [0.29, 0.717) is 38.9 Å². The van der Waals surface area contributed by atoms with E-state index in [1.54, 1.807) is 30.6 Å². The second-order valence-corrected chi connectivity index (χ2v) is 16.4. The van der Waals surface area contributed by atoms with E-state index in [1.165, 1.54) is 0 Å². The number of hydrogen-bond acceptors (Lipinski definition) is 10. The summed E-state index contributed by atoms with van der Waals surface area (Å²) in [5.74, 6) is 8.68. The van der Waals surface area contributed by atoms with Crippen LogP contribution >= 0.6 is 11.6 Å². The lowest BCUT2D eigenvalue weighted by atomic mass is 10.1. The lowest BCUT2D eigenvalue weighted by Gasteiger charge is -2.20. The highest BCUT2D eigenvalue weighted by Gasteiger charge is 2.20. The van der Waals surface area contributed by atoms with Gasteiger partial charge in [-0.25, -0.2) is 19.6 Å². The van der Waals surface area contributed by atoms with Gasteiger partial charge in [-0.3, -0.25) is 20.6 Å². The summed E-state index contributed by atoms with van der Waals surface area (Å²) in [5.41, 5.74) is 17.7. The van der Waals surface area contributed by atoms with Gasteiger partial charge in [-0.1, -0.05) is 43.0 Å². The fraction of sp³-hybridized carbons (Fsp3) is 0.176. The van der Waals surface area contributed by atoms with Crippen molar-refractivity contribution in [2.24, 2.45) is 0 Å². The summed E-state index contributed by atoms with van der Waals surface area (Å²) in [7, 11) is 0. The van der Waals surface area contributed by atoms with Gasteiger partial charge in [0.25, 0.3) is 0 Å². The summed E-state index contributed by atoms with van der Waals surface area (Å²) in [4.78, 5) is 42.4. The largest absolute Gasteiger partial charge is 0.444 e. The molecule has 0 saturated carbocycles. The Morgan fingerprint density at radius 1 is 0.609 bits per heavy atom. The van der Waals surface area contributed by atoms with E-state index in [1.807, 2.05) is 133 Å². The lowest BCUT2D eigenvalue weighted by molar-refractivity contribution is 0.0625. The number of ether oxygens (including phenoxy) is 2. The van der Waals surface area contributed by atoms with Crippen molar-refractivity contribution < 1.29 is 19.1 Å². The molecule has 64 heavy (non-hydrogen) atoms. The van der Waals surface area contributed by atoms with Gasteiger partial charge in [-0.05, 0) is 145 Å². The van der Waals surface area contributed by atoms with E-state index >= 15 is 0 Å². The Balaban J connectivity index is 0.000000204. The first-order valence-electron chi connectivity index (χ1n) is 19.7. The SMILES string of the molecule is C.C#Cc1ccc(N)cc1.CC(C)(C)OC(=O)Nc1cc2cccnc2c2nc(C#Cc3ccc(N)cc3)ccc12.CC(C)(C)OC(=O)Nc1cc2cccnc2c2nc(Cl)ccc12. The zero-order valence-electron chi connectivity index (χ0n) is 35.6. The van der Waals surface area contributed by atoms with Crippen molar-refractivity contribution in [3.8, 4) is 24.2 Å². The molecule has 2 amide bonds. The Kier molecular flexibility index (Phi) is 14.9. The Morgan fingerprint density at radius 3 is 1.53 bits per heavy atom. The molecular formula is C51H49ClN8O4. The van der Waals surface area contributed by atoms with Crippen molar-refractivity contribution in [3.63, 3.8) is 0 Å². The molecule has 12 nitrogen and oxygen atoms in total. The highest BCUT2D eigenvalue weighted by molar-refractivity contribution is 6.30. The summed E-state index contributed by atoms with van der Waals surface area (Å²) in [6.07, 6.45) is 7.49. The van der Waals surface area contributed by atoms with Gasteiger partial charge < -0.3 is 20.9 Å². The molecule has 4 heterocycles. The fourth-order valence-electron chi connectivity index (χ4n) is 6.01. The maximum Gasteiger partial charge on any atom is 0.412 e. The molecule has 0 bridgehead atoms. The summed E-state index contributed by atoms with van der Waals surface area (Å²) in [5, 5.41) is 9.23. The first-order valence-corrected chi connectivity index (χ1v) is 20.0. The average molecular weight is 873 g/mol. The van der Waals surface area contributed by atoms with Crippen LogP contribution in [0.4, 0.5) is 32.3 Å². The molecule has 8 aromatic rings. The zero-order valence-corrected chi connectivity index (χ0v) is 36.3. The van der Waals surface area contributed by atoms with Crippen LogP contribution in [-0.2, 0) is 9.47 Å². The lowest BCUT2D eigenvalue weighted by Crippen LogP contribution is -2.27. The molecule has 0 unspecified atom stereocenters. The third kappa shape index (κ3) is 12.8. The molecule has 4 aromatic heterocycles. The van der Waals surface area contributed by atoms with Gasteiger partial charge >= 0.3 is 12.2 Å². The number of benzene rings is 4. The number of nitrogen functional groups attached to an aromatic ring is 2. The summed E-state index contributed by atoms with van der Waals surface area (Å²) < 4.78 is 10.7. The van der Waals surface area contributed by atoms with E-state index in [0.717, 1.165) is 49.4 Å². The van der Waals surface area contributed by atoms with Gasteiger partial charge in [-0.2, -0.15) is 0 Å². The van der Waals surface area contributed by atoms with Crippen molar-refractivity contribution in [1.82, 2.24) is 19.9 Å². The highest BCUT2D eigenvalue weighted by atomic mass is 35.5. The first kappa shape index (κ1) is 47.1. The van der Waals surface area contributed by atoms with Crippen LogP contribution < -0.4 is 22.1 Å². The van der Waals surface area contributed by atoms with E-state index in [9.17, 15) is 9.59 Å². The van der Waals surface area contributed by atoms with Crippen LogP contribution in [0.15, 0.2) is 122 Å². The molecule has 4 aromatic carbocycles. The predicted molar refractivity (Wildman–Crippen MR) is 261 cm³/mol. The van der Waals surface area contributed by atoms with E-state index in [4.69, 9.17) is 43.9 Å². The smallest absolute Gasteiger partial charge is 0.412 e. The normalized spacial score (nSPS) is 10.7. The number of carbonyl (C=O) groups excluding carboxylic acids is 2. The molecule has 0 fully saturated rings. The van der Waals surface area contributed by atoms with E-state index < -0.39 is 23.4 Å². The number of rotatable bonds is 2.